The Balaban J connectivity index is 1.38. The first kappa shape index (κ1) is 46.7. The van der Waals surface area contributed by atoms with Crippen molar-refractivity contribution in [2.75, 3.05) is 37.6 Å². The van der Waals surface area contributed by atoms with Gasteiger partial charge in [0.2, 0.25) is 0 Å². The minimum absolute atomic E-state index is 0.0214. The Labute approximate surface area is 365 Å². The largest absolute Gasteiger partial charge is 0.382 e. The number of nitrogen functional groups attached to an aromatic ring is 2. The van der Waals surface area contributed by atoms with Gasteiger partial charge >= 0.3 is 0 Å². The second-order valence-corrected chi connectivity index (χ2v) is 16.1. The summed E-state index contributed by atoms with van der Waals surface area (Å²) in [5.74, 6) is 1.18. The highest BCUT2D eigenvalue weighted by molar-refractivity contribution is 5.95. The normalized spacial score (nSPS) is 11.8. The lowest BCUT2D eigenvalue weighted by molar-refractivity contribution is 0.0743. The number of aromatic nitrogens is 6. The summed E-state index contributed by atoms with van der Waals surface area (Å²) in [5.41, 5.74) is 17.9. The van der Waals surface area contributed by atoms with Crippen LogP contribution in [0.2, 0.25) is 0 Å². The molecule has 5 aromatic rings. The lowest BCUT2D eigenvalue weighted by atomic mass is 10.1. The van der Waals surface area contributed by atoms with E-state index in [-0.39, 0.29) is 35.3 Å². The molecule has 330 valence electrons. The van der Waals surface area contributed by atoms with E-state index in [1.54, 1.807) is 54.6 Å². The van der Waals surface area contributed by atoms with Crippen molar-refractivity contribution < 1.29 is 9.59 Å². The Kier molecular flexibility index (Phi) is 17.0. The van der Waals surface area contributed by atoms with Crippen LogP contribution in [0.15, 0.2) is 81.4 Å². The van der Waals surface area contributed by atoms with Gasteiger partial charge < -0.3 is 21.3 Å². The number of rotatable bonds is 22. The van der Waals surface area contributed by atoms with Gasteiger partial charge in [0.05, 0.1) is 22.8 Å². The van der Waals surface area contributed by atoms with Crippen LogP contribution < -0.4 is 11.5 Å². The molecule has 5 rings (SSSR count). The van der Waals surface area contributed by atoms with Crippen molar-refractivity contribution >= 4 is 46.2 Å². The third kappa shape index (κ3) is 11.5. The van der Waals surface area contributed by atoms with Crippen LogP contribution in [-0.2, 0) is 0 Å². The average molecular weight is 845 g/mol. The molecule has 2 amide bonds. The smallest absolute Gasteiger partial charge is 0.253 e. The number of carbonyl (C=O) groups is 2. The van der Waals surface area contributed by atoms with Crippen LogP contribution in [0.1, 0.15) is 151 Å². The zero-order chi connectivity index (χ0) is 44.8. The van der Waals surface area contributed by atoms with Crippen LogP contribution in [0.5, 0.6) is 0 Å². The molecule has 0 aliphatic rings. The van der Waals surface area contributed by atoms with E-state index in [0.29, 0.717) is 56.9 Å². The fraction of sp³-hybridized carbons (Fsp3) is 0.478. The van der Waals surface area contributed by atoms with Gasteiger partial charge in [-0.05, 0) is 86.1 Å². The van der Waals surface area contributed by atoms with Crippen molar-refractivity contribution in [2.24, 2.45) is 20.5 Å². The first-order valence-electron chi connectivity index (χ1n) is 22.1. The molecule has 62 heavy (non-hydrogen) atoms. The Morgan fingerprint density at radius 2 is 0.903 bits per heavy atom. The van der Waals surface area contributed by atoms with Crippen molar-refractivity contribution in [3.05, 3.63) is 83.4 Å². The molecule has 3 aromatic heterocycles. The number of nitrogens with two attached hydrogens (primary N) is 2. The van der Waals surface area contributed by atoms with Gasteiger partial charge in [-0.1, -0.05) is 81.1 Å². The minimum Gasteiger partial charge on any atom is -0.382 e. The van der Waals surface area contributed by atoms with Crippen molar-refractivity contribution in [1.29, 1.82) is 0 Å². The predicted octanol–water partition coefficient (Wildman–Crippen LogP) is 11.2. The van der Waals surface area contributed by atoms with E-state index in [1.165, 1.54) is 15.7 Å². The fourth-order valence-corrected chi connectivity index (χ4v) is 6.73. The molecule has 0 atom stereocenters. The molecular formula is C46H64N14O2. The van der Waals surface area contributed by atoms with Crippen molar-refractivity contribution in [2.45, 2.75) is 119 Å². The summed E-state index contributed by atoms with van der Waals surface area (Å²) < 4.78 is 3.01. The molecule has 0 spiro atoms. The lowest BCUT2D eigenvalue weighted by Crippen LogP contribution is -2.32. The molecule has 0 radical (unpaired) electrons. The number of nitrogens with zero attached hydrogens (tertiary/aromatic N) is 12. The number of anilines is 2. The van der Waals surface area contributed by atoms with Gasteiger partial charge in [0.1, 0.15) is 6.33 Å². The number of azo groups is 2. The molecule has 0 fully saturated rings. The second-order valence-electron chi connectivity index (χ2n) is 16.1. The SMILES string of the molecule is CCCCN(CCCC)C(=O)c1ccc(N=Nc2c(C(C)C)nn(-c3cc(-n4nc(C(C)C)c(N=Nc5ccc(C(=O)N(CCCC)CCCC)cc5)c4N)ncn3)c2N)cc1. The molecule has 0 aliphatic carbocycles. The van der Waals surface area contributed by atoms with Gasteiger partial charge in [-0.2, -0.15) is 29.8 Å². The number of benzene rings is 2. The van der Waals surface area contributed by atoms with Crippen LogP contribution in [0, 0.1) is 0 Å². The molecule has 16 nitrogen and oxygen atoms in total. The van der Waals surface area contributed by atoms with Crippen LogP contribution >= 0.6 is 0 Å². The standard InChI is InChI=1S/C46H64N14O2/c1-9-13-25-57(26-14-10-2)45(61)33-17-21-35(22-18-33)51-53-41-39(31(5)6)55-59(43(41)47)37-29-38(50-30-49-37)60-44(48)42(40(56-60)32(7)8)54-52-36-23-19-34(20-24-36)46(62)58(27-15-11-3)28-16-12-4/h17-24,29-32H,9-16,25-28,47-48H2,1-8H3. The number of hydrogen-bond donors (Lipinski definition) is 2. The van der Waals surface area contributed by atoms with E-state index in [1.807, 2.05) is 37.5 Å². The van der Waals surface area contributed by atoms with Gasteiger partial charge in [0, 0.05) is 43.4 Å². The number of amides is 2. The Hall–Kier alpha value is -6.32. The zero-order valence-corrected chi connectivity index (χ0v) is 37.8. The van der Waals surface area contributed by atoms with Crippen molar-refractivity contribution in [3.8, 4) is 11.6 Å². The highest BCUT2D eigenvalue weighted by Crippen LogP contribution is 2.37. The van der Waals surface area contributed by atoms with E-state index < -0.39 is 0 Å². The highest BCUT2D eigenvalue weighted by Gasteiger charge is 2.24. The average Bonchev–Trinajstić information content (AvgIpc) is 3.80. The predicted molar refractivity (Wildman–Crippen MR) is 246 cm³/mol. The Morgan fingerprint density at radius 3 is 1.21 bits per heavy atom. The van der Waals surface area contributed by atoms with E-state index in [9.17, 15) is 9.59 Å². The maximum absolute atomic E-state index is 13.3. The van der Waals surface area contributed by atoms with E-state index in [2.05, 4.69) is 58.1 Å². The van der Waals surface area contributed by atoms with Gasteiger partial charge in [-0.3, -0.25) is 9.59 Å². The summed E-state index contributed by atoms with van der Waals surface area (Å²) in [6.07, 6.45) is 9.37. The Bertz CT molecular complexity index is 2120. The quantitative estimate of drug-likeness (QED) is 0.0640. The molecule has 0 saturated heterocycles. The fourth-order valence-electron chi connectivity index (χ4n) is 6.73. The molecule has 0 aliphatic heterocycles. The van der Waals surface area contributed by atoms with E-state index >= 15 is 0 Å². The Morgan fingerprint density at radius 1 is 0.565 bits per heavy atom. The minimum atomic E-state index is -0.0442. The van der Waals surface area contributed by atoms with E-state index in [0.717, 1.165) is 77.5 Å². The molecular weight excluding hydrogens is 781 g/mol. The van der Waals surface area contributed by atoms with Crippen molar-refractivity contribution in [1.82, 2.24) is 39.3 Å². The zero-order valence-electron chi connectivity index (χ0n) is 37.8. The molecule has 4 N–H and O–H groups in total. The van der Waals surface area contributed by atoms with E-state index in [4.69, 9.17) is 21.7 Å². The summed E-state index contributed by atoms with van der Waals surface area (Å²) in [6, 6.07) is 16.0. The summed E-state index contributed by atoms with van der Waals surface area (Å²) in [4.78, 5) is 39.4. The summed E-state index contributed by atoms with van der Waals surface area (Å²) in [5, 5.41) is 27.7. The molecule has 0 unspecified atom stereocenters. The topological polar surface area (TPSA) is 204 Å². The molecule has 2 aromatic carbocycles. The molecule has 16 heteroatoms. The number of hydrogen-bond acceptors (Lipinski definition) is 12. The number of carbonyl (C=O) groups excluding carboxylic acids is 2. The van der Waals surface area contributed by atoms with Gasteiger partial charge in [-0.25, -0.2) is 9.97 Å². The van der Waals surface area contributed by atoms with Crippen LogP contribution in [0.3, 0.4) is 0 Å². The first-order valence-corrected chi connectivity index (χ1v) is 22.1. The van der Waals surface area contributed by atoms with Gasteiger partial charge in [-0.15, -0.1) is 10.2 Å². The van der Waals surface area contributed by atoms with Crippen molar-refractivity contribution in [3.63, 3.8) is 0 Å². The van der Waals surface area contributed by atoms with Gasteiger partial charge in [0.25, 0.3) is 11.8 Å². The van der Waals surface area contributed by atoms with Crippen LogP contribution in [0.25, 0.3) is 11.6 Å². The first-order chi connectivity index (χ1) is 29.9. The number of unbranched alkanes of at least 4 members (excludes halogenated alkanes) is 4. The van der Waals surface area contributed by atoms with Gasteiger partial charge in [0.15, 0.2) is 34.6 Å². The molecule has 0 saturated carbocycles. The second kappa shape index (κ2) is 22.5. The summed E-state index contributed by atoms with van der Waals surface area (Å²) in [6.45, 7) is 19.5. The maximum Gasteiger partial charge on any atom is 0.253 e. The summed E-state index contributed by atoms with van der Waals surface area (Å²) >= 11 is 0. The van der Waals surface area contributed by atoms with Crippen LogP contribution in [0.4, 0.5) is 34.4 Å². The third-order valence-corrected chi connectivity index (χ3v) is 10.5. The third-order valence-electron chi connectivity index (χ3n) is 10.5. The monoisotopic (exact) mass is 845 g/mol. The molecule has 3 heterocycles. The maximum atomic E-state index is 13.3. The summed E-state index contributed by atoms with van der Waals surface area (Å²) in [7, 11) is 0. The van der Waals surface area contributed by atoms with Crippen LogP contribution in [-0.4, -0.2) is 77.3 Å². The highest BCUT2D eigenvalue weighted by atomic mass is 16.2. The lowest BCUT2D eigenvalue weighted by Gasteiger charge is -2.22. The molecule has 0 bridgehead atoms.